The highest BCUT2D eigenvalue weighted by molar-refractivity contribution is 5.78. The maximum atomic E-state index is 12.8. The van der Waals surface area contributed by atoms with Gasteiger partial charge in [-0.1, -0.05) is 0 Å². The quantitative estimate of drug-likeness (QED) is 0.651. The summed E-state index contributed by atoms with van der Waals surface area (Å²) in [6, 6.07) is 4.30. The largest absolute Gasteiger partial charge is 0.491 e. The van der Waals surface area contributed by atoms with Gasteiger partial charge in [0, 0.05) is 18.0 Å². The van der Waals surface area contributed by atoms with Gasteiger partial charge in [-0.05, 0) is 19.1 Å². The number of hydrogen-bond donors (Lipinski definition) is 2. The highest BCUT2D eigenvalue weighted by Gasteiger charge is 2.31. The number of halogens is 3. The summed E-state index contributed by atoms with van der Waals surface area (Å²) >= 11 is 0. The number of nitrogens with one attached hydrogen (secondary N) is 1. The minimum atomic E-state index is -4.43. The normalized spacial score (nSPS) is 14.3. The standard InChI is InChI=1S/C18H17F3N6O3/c1-10(17(28)29)24-11-2-3-12-14(6-11)30-5-4-26-7-13(25-15(12)26)16-22-9-23-27(16)8-18(19,20)21/h2-3,6-7,9-10,24H,4-5,8H2,1H3,(H,28,29). The Morgan fingerprint density at radius 1 is 1.37 bits per heavy atom. The van der Waals surface area contributed by atoms with Gasteiger partial charge in [-0.15, -0.1) is 0 Å². The van der Waals surface area contributed by atoms with Gasteiger partial charge in [-0.2, -0.15) is 18.3 Å². The van der Waals surface area contributed by atoms with E-state index in [0.717, 1.165) is 11.0 Å². The predicted molar refractivity (Wildman–Crippen MR) is 98.9 cm³/mol. The molecule has 2 N–H and O–H groups in total. The Morgan fingerprint density at radius 3 is 2.90 bits per heavy atom. The van der Waals surface area contributed by atoms with E-state index in [-0.39, 0.29) is 11.5 Å². The number of rotatable bonds is 5. The van der Waals surface area contributed by atoms with E-state index >= 15 is 0 Å². The minimum Gasteiger partial charge on any atom is -0.491 e. The van der Waals surface area contributed by atoms with Gasteiger partial charge in [-0.25, -0.2) is 14.6 Å². The van der Waals surface area contributed by atoms with Crippen molar-refractivity contribution in [1.29, 1.82) is 0 Å². The lowest BCUT2D eigenvalue weighted by Crippen LogP contribution is -2.25. The molecule has 2 aromatic heterocycles. The number of carboxylic acids is 1. The second-order valence-corrected chi connectivity index (χ2v) is 6.76. The van der Waals surface area contributed by atoms with Crippen molar-refractivity contribution in [3.63, 3.8) is 0 Å². The Morgan fingerprint density at radius 2 is 2.17 bits per heavy atom. The zero-order chi connectivity index (χ0) is 21.5. The molecule has 0 saturated carbocycles. The Balaban J connectivity index is 1.69. The van der Waals surface area contributed by atoms with E-state index in [0.29, 0.717) is 36.0 Å². The van der Waals surface area contributed by atoms with Crippen molar-refractivity contribution in [1.82, 2.24) is 24.3 Å². The molecule has 4 rings (SSSR count). The average molecular weight is 422 g/mol. The molecule has 1 aliphatic rings. The fourth-order valence-corrected chi connectivity index (χ4v) is 3.14. The number of nitrogens with zero attached hydrogens (tertiary/aromatic N) is 5. The van der Waals surface area contributed by atoms with Gasteiger partial charge in [0.05, 0.1) is 12.1 Å². The van der Waals surface area contributed by atoms with E-state index in [1.165, 1.54) is 6.92 Å². The molecule has 1 unspecified atom stereocenters. The molecule has 30 heavy (non-hydrogen) atoms. The third-order valence-electron chi connectivity index (χ3n) is 4.52. The van der Waals surface area contributed by atoms with Crippen molar-refractivity contribution in [3.05, 3.63) is 30.7 Å². The lowest BCUT2D eigenvalue weighted by molar-refractivity contribution is -0.142. The SMILES string of the molecule is CC(Nc1ccc2c(c1)OCCn1cc(-c3ncnn3CC(F)(F)F)nc1-2)C(=O)O. The number of ether oxygens (including phenoxy) is 1. The molecule has 0 radical (unpaired) electrons. The topological polar surface area (TPSA) is 107 Å². The van der Waals surface area contributed by atoms with Crippen LogP contribution in [0, 0.1) is 0 Å². The van der Waals surface area contributed by atoms with Crippen LogP contribution in [0.15, 0.2) is 30.7 Å². The van der Waals surface area contributed by atoms with Crippen molar-refractivity contribution < 1.29 is 27.8 Å². The third-order valence-corrected chi connectivity index (χ3v) is 4.52. The number of carboxylic acid groups (broad SMARTS) is 1. The first-order valence-corrected chi connectivity index (χ1v) is 9.00. The van der Waals surface area contributed by atoms with Crippen LogP contribution in [0.5, 0.6) is 5.75 Å². The van der Waals surface area contributed by atoms with Gasteiger partial charge in [0.25, 0.3) is 0 Å². The average Bonchev–Trinajstić information content (AvgIpc) is 3.23. The van der Waals surface area contributed by atoms with Crippen LogP contribution in [0.2, 0.25) is 0 Å². The molecular formula is C18H17F3N6O3. The van der Waals surface area contributed by atoms with Gasteiger partial charge in [0.1, 0.15) is 42.8 Å². The van der Waals surface area contributed by atoms with Crippen LogP contribution in [-0.4, -0.2) is 54.2 Å². The van der Waals surface area contributed by atoms with Crippen LogP contribution >= 0.6 is 0 Å². The first-order chi connectivity index (χ1) is 14.2. The number of anilines is 1. The summed E-state index contributed by atoms with van der Waals surface area (Å²) in [5.41, 5.74) is 1.46. The van der Waals surface area contributed by atoms with Gasteiger partial charge in [0.2, 0.25) is 0 Å². The molecule has 1 atom stereocenters. The molecule has 0 amide bonds. The maximum Gasteiger partial charge on any atom is 0.408 e. The first-order valence-electron chi connectivity index (χ1n) is 9.00. The minimum absolute atomic E-state index is 0.0175. The predicted octanol–water partition coefficient (Wildman–Crippen LogP) is 2.65. The van der Waals surface area contributed by atoms with Crippen molar-refractivity contribution in [3.8, 4) is 28.7 Å². The fourth-order valence-electron chi connectivity index (χ4n) is 3.14. The van der Waals surface area contributed by atoms with E-state index in [1.807, 2.05) is 0 Å². The Bertz CT molecular complexity index is 1090. The molecule has 9 nitrogen and oxygen atoms in total. The number of alkyl halides is 3. The second kappa shape index (κ2) is 7.35. The van der Waals surface area contributed by atoms with Crippen molar-refractivity contribution >= 4 is 11.7 Å². The molecule has 0 fully saturated rings. The van der Waals surface area contributed by atoms with Gasteiger partial charge in [0.15, 0.2) is 5.82 Å². The van der Waals surface area contributed by atoms with Crippen LogP contribution in [0.3, 0.4) is 0 Å². The first kappa shape index (κ1) is 19.7. The van der Waals surface area contributed by atoms with E-state index in [2.05, 4.69) is 20.4 Å². The Hall–Kier alpha value is -3.57. The van der Waals surface area contributed by atoms with Gasteiger partial charge in [-0.3, -0.25) is 4.79 Å². The lowest BCUT2D eigenvalue weighted by Gasteiger charge is -2.13. The fraction of sp³-hybridized carbons (Fsp3) is 0.333. The number of imidazole rings is 1. The summed E-state index contributed by atoms with van der Waals surface area (Å²) in [6.45, 7) is 0.994. The summed E-state index contributed by atoms with van der Waals surface area (Å²) in [7, 11) is 0. The monoisotopic (exact) mass is 422 g/mol. The van der Waals surface area contributed by atoms with E-state index in [1.54, 1.807) is 29.0 Å². The van der Waals surface area contributed by atoms with Crippen LogP contribution in [-0.2, 0) is 17.9 Å². The number of aliphatic carboxylic acids is 1. The summed E-state index contributed by atoms with van der Waals surface area (Å²) in [5.74, 6) is 0.0279. The van der Waals surface area contributed by atoms with Crippen molar-refractivity contribution in [2.75, 3.05) is 11.9 Å². The summed E-state index contributed by atoms with van der Waals surface area (Å²) in [5, 5.41) is 15.6. The molecule has 3 heterocycles. The van der Waals surface area contributed by atoms with E-state index in [9.17, 15) is 18.0 Å². The molecule has 158 valence electrons. The van der Waals surface area contributed by atoms with Crippen molar-refractivity contribution in [2.24, 2.45) is 0 Å². The third kappa shape index (κ3) is 3.93. The van der Waals surface area contributed by atoms with Crippen LogP contribution in [0.4, 0.5) is 18.9 Å². The van der Waals surface area contributed by atoms with Crippen LogP contribution < -0.4 is 10.1 Å². The molecule has 12 heteroatoms. The summed E-state index contributed by atoms with van der Waals surface area (Å²) in [4.78, 5) is 19.5. The molecule has 0 bridgehead atoms. The maximum absolute atomic E-state index is 12.8. The molecule has 3 aromatic rings. The van der Waals surface area contributed by atoms with Gasteiger partial charge >= 0.3 is 12.1 Å². The Labute approximate surface area is 168 Å². The lowest BCUT2D eigenvalue weighted by atomic mass is 10.1. The summed E-state index contributed by atoms with van der Waals surface area (Å²) in [6.07, 6.45) is -1.76. The smallest absolute Gasteiger partial charge is 0.408 e. The molecule has 0 saturated heterocycles. The zero-order valence-electron chi connectivity index (χ0n) is 15.7. The molecular weight excluding hydrogens is 405 g/mol. The highest BCUT2D eigenvalue weighted by atomic mass is 19.4. The number of carbonyl (C=O) groups is 1. The van der Waals surface area contributed by atoms with E-state index < -0.39 is 24.7 Å². The molecule has 1 aromatic carbocycles. The molecule has 1 aliphatic heterocycles. The number of benzene rings is 1. The highest BCUT2D eigenvalue weighted by Crippen LogP contribution is 2.35. The number of fused-ring (bicyclic) bond motifs is 3. The van der Waals surface area contributed by atoms with E-state index in [4.69, 9.17) is 9.84 Å². The summed E-state index contributed by atoms with van der Waals surface area (Å²) < 4.78 is 46.7. The number of hydrogen-bond acceptors (Lipinski definition) is 6. The van der Waals surface area contributed by atoms with Crippen LogP contribution in [0.25, 0.3) is 22.9 Å². The van der Waals surface area contributed by atoms with Gasteiger partial charge < -0.3 is 19.7 Å². The van der Waals surface area contributed by atoms with Crippen molar-refractivity contribution in [2.45, 2.75) is 32.2 Å². The number of aromatic nitrogens is 5. The zero-order valence-corrected chi connectivity index (χ0v) is 15.7. The second-order valence-electron chi connectivity index (χ2n) is 6.76. The van der Waals surface area contributed by atoms with Crippen LogP contribution in [0.1, 0.15) is 6.92 Å². The molecule has 0 aliphatic carbocycles. The Kier molecular flexibility index (Phi) is 4.84. The molecule has 0 spiro atoms.